The highest BCUT2D eigenvalue weighted by Crippen LogP contribution is 2.39. The first kappa shape index (κ1) is 12.7. The van der Waals surface area contributed by atoms with E-state index in [1.165, 1.54) is 12.8 Å². The number of ether oxygens (including phenoxy) is 1. The fourth-order valence-corrected chi connectivity index (χ4v) is 2.00. The molecule has 5 nitrogen and oxygen atoms in total. The van der Waals surface area contributed by atoms with Gasteiger partial charge in [0, 0.05) is 24.7 Å². The lowest BCUT2D eigenvalue weighted by Crippen LogP contribution is -2.03. The van der Waals surface area contributed by atoms with E-state index in [1.807, 2.05) is 37.4 Å². The maximum atomic E-state index is 5.15. The van der Waals surface area contributed by atoms with Crippen molar-refractivity contribution in [3.63, 3.8) is 0 Å². The van der Waals surface area contributed by atoms with Crippen LogP contribution in [0.5, 0.6) is 5.75 Å². The summed E-state index contributed by atoms with van der Waals surface area (Å²) in [6.07, 6.45) is 2.38. The number of hydrogen-bond acceptors (Lipinski definition) is 5. The highest BCUT2D eigenvalue weighted by atomic mass is 16.5. The Hall–Kier alpha value is -2.30. The minimum Gasteiger partial charge on any atom is -0.497 e. The van der Waals surface area contributed by atoms with E-state index in [4.69, 9.17) is 4.74 Å². The van der Waals surface area contributed by atoms with E-state index in [-0.39, 0.29) is 0 Å². The van der Waals surface area contributed by atoms with Gasteiger partial charge in [-0.3, -0.25) is 0 Å². The van der Waals surface area contributed by atoms with Gasteiger partial charge in [-0.15, -0.1) is 0 Å². The maximum absolute atomic E-state index is 5.15. The molecule has 1 aromatic carbocycles. The zero-order chi connectivity index (χ0) is 13.9. The third-order valence-corrected chi connectivity index (χ3v) is 3.30. The van der Waals surface area contributed by atoms with Crippen LogP contribution in [0.15, 0.2) is 30.3 Å². The molecule has 20 heavy (non-hydrogen) atoms. The van der Waals surface area contributed by atoms with Crippen LogP contribution in [0.3, 0.4) is 0 Å². The number of rotatable bonds is 5. The van der Waals surface area contributed by atoms with Gasteiger partial charge in [0.1, 0.15) is 23.2 Å². The van der Waals surface area contributed by atoms with Gasteiger partial charge in [0.2, 0.25) is 0 Å². The largest absolute Gasteiger partial charge is 0.497 e. The Labute approximate surface area is 118 Å². The SMILES string of the molecule is CNc1cc(Nc2ccc(OC)cc2)nc(C2CC2)n1. The third-order valence-electron chi connectivity index (χ3n) is 3.30. The maximum Gasteiger partial charge on any atom is 0.136 e. The van der Waals surface area contributed by atoms with E-state index in [0.717, 1.165) is 28.9 Å². The van der Waals surface area contributed by atoms with Crippen LogP contribution in [0.25, 0.3) is 0 Å². The molecule has 0 radical (unpaired) electrons. The number of methoxy groups -OCH3 is 1. The lowest BCUT2D eigenvalue weighted by molar-refractivity contribution is 0.415. The second-order valence-electron chi connectivity index (χ2n) is 4.87. The summed E-state index contributed by atoms with van der Waals surface area (Å²) in [6.45, 7) is 0. The summed E-state index contributed by atoms with van der Waals surface area (Å²) in [6, 6.07) is 9.69. The van der Waals surface area contributed by atoms with Crippen LogP contribution >= 0.6 is 0 Å². The molecule has 0 saturated heterocycles. The highest BCUT2D eigenvalue weighted by Gasteiger charge is 2.27. The summed E-state index contributed by atoms with van der Waals surface area (Å²) >= 11 is 0. The lowest BCUT2D eigenvalue weighted by Gasteiger charge is -2.10. The van der Waals surface area contributed by atoms with Crippen LogP contribution in [0, 0.1) is 0 Å². The molecule has 0 aliphatic heterocycles. The average molecular weight is 270 g/mol. The quantitative estimate of drug-likeness (QED) is 0.874. The molecule has 104 valence electrons. The Kier molecular flexibility index (Phi) is 3.41. The fourth-order valence-electron chi connectivity index (χ4n) is 2.00. The summed E-state index contributed by atoms with van der Waals surface area (Å²) in [7, 11) is 3.53. The van der Waals surface area contributed by atoms with Crippen molar-refractivity contribution in [3.05, 3.63) is 36.2 Å². The molecule has 0 unspecified atom stereocenters. The average Bonchev–Trinajstić information content (AvgIpc) is 3.32. The summed E-state index contributed by atoms with van der Waals surface area (Å²) in [5, 5.41) is 6.39. The van der Waals surface area contributed by atoms with Crippen LogP contribution in [-0.4, -0.2) is 24.1 Å². The monoisotopic (exact) mass is 270 g/mol. The smallest absolute Gasteiger partial charge is 0.136 e. The van der Waals surface area contributed by atoms with Crippen molar-refractivity contribution >= 4 is 17.3 Å². The predicted molar refractivity (Wildman–Crippen MR) is 79.8 cm³/mol. The molecule has 2 N–H and O–H groups in total. The molecule has 1 heterocycles. The van der Waals surface area contributed by atoms with Crippen LogP contribution in [0.1, 0.15) is 24.6 Å². The molecule has 5 heteroatoms. The van der Waals surface area contributed by atoms with Crippen molar-refractivity contribution in [2.45, 2.75) is 18.8 Å². The summed E-state index contributed by atoms with van der Waals surface area (Å²) < 4.78 is 5.15. The molecule has 1 aromatic heterocycles. The van der Waals surface area contributed by atoms with Crippen LogP contribution < -0.4 is 15.4 Å². The lowest BCUT2D eigenvalue weighted by atomic mass is 10.3. The van der Waals surface area contributed by atoms with E-state index in [9.17, 15) is 0 Å². The standard InChI is InChI=1S/C15H18N4O/c1-16-13-9-14(19-15(18-13)10-3-4-10)17-11-5-7-12(20-2)8-6-11/h5-10H,3-4H2,1-2H3,(H2,16,17,18,19). The van der Waals surface area contributed by atoms with Crippen molar-refractivity contribution in [2.75, 3.05) is 24.8 Å². The first-order valence-electron chi connectivity index (χ1n) is 6.76. The molecule has 3 rings (SSSR count). The fraction of sp³-hybridized carbons (Fsp3) is 0.333. The number of benzene rings is 1. The molecule has 0 amide bonds. The van der Waals surface area contributed by atoms with Gasteiger partial charge in [-0.1, -0.05) is 0 Å². The molecule has 0 bridgehead atoms. The third kappa shape index (κ3) is 2.82. The van der Waals surface area contributed by atoms with Crippen molar-refractivity contribution in [3.8, 4) is 5.75 Å². The number of anilines is 3. The minimum atomic E-state index is 0.528. The summed E-state index contributed by atoms with van der Waals surface area (Å²) in [5.74, 6) is 3.95. The molecule has 1 aliphatic carbocycles. The number of nitrogens with zero attached hydrogens (tertiary/aromatic N) is 2. The van der Waals surface area contributed by atoms with E-state index in [0.29, 0.717) is 5.92 Å². The molecule has 1 fully saturated rings. The van der Waals surface area contributed by atoms with Crippen LogP contribution in [-0.2, 0) is 0 Å². The number of nitrogens with one attached hydrogen (secondary N) is 2. The predicted octanol–water partition coefficient (Wildman–Crippen LogP) is 3.15. The van der Waals surface area contributed by atoms with E-state index < -0.39 is 0 Å². The van der Waals surface area contributed by atoms with E-state index in [1.54, 1.807) is 7.11 Å². The Balaban J connectivity index is 1.83. The molecular weight excluding hydrogens is 252 g/mol. The first-order chi connectivity index (χ1) is 9.78. The Morgan fingerprint density at radius 2 is 1.80 bits per heavy atom. The van der Waals surface area contributed by atoms with Crippen molar-refractivity contribution in [1.82, 2.24) is 9.97 Å². The summed E-state index contributed by atoms with van der Waals surface area (Å²) in [5.41, 5.74) is 0.980. The van der Waals surface area contributed by atoms with Gasteiger partial charge in [0.15, 0.2) is 0 Å². The van der Waals surface area contributed by atoms with Crippen molar-refractivity contribution in [2.24, 2.45) is 0 Å². The van der Waals surface area contributed by atoms with Gasteiger partial charge in [0.25, 0.3) is 0 Å². The van der Waals surface area contributed by atoms with Gasteiger partial charge in [-0.25, -0.2) is 9.97 Å². The van der Waals surface area contributed by atoms with Crippen molar-refractivity contribution < 1.29 is 4.74 Å². The zero-order valence-corrected chi connectivity index (χ0v) is 11.7. The zero-order valence-electron chi connectivity index (χ0n) is 11.7. The van der Waals surface area contributed by atoms with Gasteiger partial charge in [0.05, 0.1) is 7.11 Å². The second kappa shape index (κ2) is 5.36. The first-order valence-corrected chi connectivity index (χ1v) is 6.76. The van der Waals surface area contributed by atoms with Crippen LogP contribution in [0.2, 0.25) is 0 Å². The van der Waals surface area contributed by atoms with Gasteiger partial charge in [-0.05, 0) is 37.1 Å². The van der Waals surface area contributed by atoms with E-state index >= 15 is 0 Å². The molecular formula is C15H18N4O. The van der Waals surface area contributed by atoms with Gasteiger partial charge in [-0.2, -0.15) is 0 Å². The topological polar surface area (TPSA) is 59.1 Å². The second-order valence-corrected chi connectivity index (χ2v) is 4.87. The Bertz CT molecular complexity index is 593. The number of aromatic nitrogens is 2. The normalized spacial score (nSPS) is 13.9. The minimum absolute atomic E-state index is 0.528. The van der Waals surface area contributed by atoms with Gasteiger partial charge >= 0.3 is 0 Å². The highest BCUT2D eigenvalue weighted by molar-refractivity contribution is 5.60. The Morgan fingerprint density at radius 3 is 2.40 bits per heavy atom. The van der Waals surface area contributed by atoms with E-state index in [2.05, 4.69) is 20.6 Å². The van der Waals surface area contributed by atoms with Crippen molar-refractivity contribution in [1.29, 1.82) is 0 Å². The number of hydrogen-bond donors (Lipinski definition) is 2. The molecule has 0 atom stereocenters. The molecule has 1 aliphatic rings. The van der Waals surface area contributed by atoms with Gasteiger partial charge < -0.3 is 15.4 Å². The van der Waals surface area contributed by atoms with Crippen LogP contribution in [0.4, 0.5) is 17.3 Å². The Morgan fingerprint density at radius 1 is 1.10 bits per heavy atom. The molecule has 0 spiro atoms. The summed E-state index contributed by atoms with van der Waals surface area (Å²) in [4.78, 5) is 9.09. The molecule has 1 saturated carbocycles. The molecule has 2 aromatic rings.